The van der Waals surface area contributed by atoms with Crippen LogP contribution in [0.4, 0.5) is 0 Å². The van der Waals surface area contributed by atoms with Crippen LogP contribution in [0.5, 0.6) is 11.6 Å². The zero-order valence-electron chi connectivity index (χ0n) is 12.5. The number of aromatic nitrogens is 2. The molecule has 0 N–H and O–H groups in total. The second-order valence-corrected chi connectivity index (χ2v) is 6.20. The molecule has 0 saturated carbocycles. The van der Waals surface area contributed by atoms with Gasteiger partial charge in [0.1, 0.15) is 23.2 Å². The number of nitrogens with zero attached hydrogens (tertiary/aromatic N) is 2. The highest BCUT2D eigenvalue weighted by Gasteiger charge is 2.12. The van der Waals surface area contributed by atoms with Crippen molar-refractivity contribution in [3.63, 3.8) is 0 Å². The van der Waals surface area contributed by atoms with Gasteiger partial charge in [-0.15, -0.1) is 11.3 Å². The fourth-order valence-electron chi connectivity index (χ4n) is 2.42. The summed E-state index contributed by atoms with van der Waals surface area (Å²) in [4.78, 5) is 21.5. The highest BCUT2D eigenvalue weighted by atomic mass is 32.1. The van der Waals surface area contributed by atoms with Crippen LogP contribution >= 0.6 is 11.3 Å². The van der Waals surface area contributed by atoms with Crippen molar-refractivity contribution < 1.29 is 9.53 Å². The van der Waals surface area contributed by atoms with Crippen LogP contribution in [0.15, 0.2) is 67.0 Å². The minimum Gasteiger partial charge on any atom is -0.438 e. The summed E-state index contributed by atoms with van der Waals surface area (Å²) in [6.07, 6.45) is 2.28. The lowest BCUT2D eigenvalue weighted by atomic mass is 10.2. The molecule has 4 rings (SSSR count). The van der Waals surface area contributed by atoms with Crippen LogP contribution in [0.25, 0.3) is 20.7 Å². The zero-order chi connectivity index (χ0) is 16.4. The molecule has 0 aliphatic rings. The topological polar surface area (TPSA) is 52.1 Å². The zero-order valence-corrected chi connectivity index (χ0v) is 13.4. The number of fused-ring (bicyclic) bond motifs is 1. The van der Waals surface area contributed by atoms with Gasteiger partial charge in [-0.1, -0.05) is 42.5 Å². The van der Waals surface area contributed by atoms with Crippen LogP contribution in [0, 0.1) is 0 Å². The van der Waals surface area contributed by atoms with E-state index in [1.165, 1.54) is 6.33 Å². The molecule has 0 aliphatic heterocycles. The summed E-state index contributed by atoms with van der Waals surface area (Å²) in [5, 5.41) is 0.859. The maximum atomic E-state index is 10.9. The minimum atomic E-state index is 0.487. The third-order valence-electron chi connectivity index (χ3n) is 3.56. The quantitative estimate of drug-likeness (QED) is 0.495. The number of thiophene rings is 1. The van der Waals surface area contributed by atoms with E-state index in [1.54, 1.807) is 35.6 Å². The van der Waals surface area contributed by atoms with Crippen LogP contribution in [-0.4, -0.2) is 16.3 Å². The van der Waals surface area contributed by atoms with Crippen molar-refractivity contribution in [2.45, 2.75) is 0 Å². The normalized spacial score (nSPS) is 10.7. The molecule has 0 aliphatic carbocycles. The van der Waals surface area contributed by atoms with Crippen molar-refractivity contribution in [2.24, 2.45) is 0 Å². The van der Waals surface area contributed by atoms with Crippen molar-refractivity contribution in [2.75, 3.05) is 0 Å². The number of ether oxygens (including phenoxy) is 1. The number of carbonyl (C=O) groups is 1. The standard InChI is InChI=1S/C19H12N2O2S/c22-11-13-5-4-8-15(9-13)23-18-16-10-17(14-6-2-1-3-7-14)24-19(16)21-12-20-18/h1-12H. The second kappa shape index (κ2) is 6.22. The van der Waals surface area contributed by atoms with Gasteiger partial charge in [0.05, 0.1) is 5.39 Å². The molecular formula is C19H12N2O2S. The Morgan fingerprint density at radius 3 is 2.67 bits per heavy atom. The number of rotatable bonds is 4. The van der Waals surface area contributed by atoms with Crippen molar-refractivity contribution in [1.82, 2.24) is 9.97 Å². The summed E-state index contributed by atoms with van der Waals surface area (Å²) in [7, 11) is 0. The molecule has 116 valence electrons. The van der Waals surface area contributed by atoms with Gasteiger partial charge in [0.15, 0.2) is 0 Å². The predicted molar refractivity (Wildman–Crippen MR) is 94.8 cm³/mol. The van der Waals surface area contributed by atoms with Gasteiger partial charge in [-0.2, -0.15) is 0 Å². The molecule has 4 nitrogen and oxygen atoms in total. The highest BCUT2D eigenvalue weighted by Crippen LogP contribution is 2.37. The number of hydrogen-bond donors (Lipinski definition) is 0. The fourth-order valence-corrected chi connectivity index (χ4v) is 3.42. The average molecular weight is 332 g/mol. The minimum absolute atomic E-state index is 0.487. The maximum absolute atomic E-state index is 10.9. The lowest BCUT2D eigenvalue weighted by Crippen LogP contribution is -1.90. The Bertz CT molecular complexity index is 1010. The first kappa shape index (κ1) is 14.5. The van der Waals surface area contributed by atoms with E-state index in [1.807, 2.05) is 24.3 Å². The molecule has 0 spiro atoms. The van der Waals surface area contributed by atoms with Gasteiger partial charge in [-0.25, -0.2) is 9.97 Å². The van der Waals surface area contributed by atoms with Gasteiger partial charge in [0.2, 0.25) is 5.88 Å². The molecule has 24 heavy (non-hydrogen) atoms. The van der Waals surface area contributed by atoms with Gasteiger partial charge in [0.25, 0.3) is 0 Å². The van der Waals surface area contributed by atoms with E-state index in [0.717, 1.165) is 26.9 Å². The molecule has 0 fully saturated rings. The van der Waals surface area contributed by atoms with E-state index in [0.29, 0.717) is 17.2 Å². The van der Waals surface area contributed by atoms with Gasteiger partial charge in [-0.05, 0) is 23.8 Å². The Kier molecular flexibility index (Phi) is 3.76. The third kappa shape index (κ3) is 2.77. The van der Waals surface area contributed by atoms with Crippen LogP contribution in [0.3, 0.4) is 0 Å². The Balaban J connectivity index is 1.76. The largest absolute Gasteiger partial charge is 0.438 e. The highest BCUT2D eigenvalue weighted by molar-refractivity contribution is 7.21. The first-order chi connectivity index (χ1) is 11.8. The van der Waals surface area contributed by atoms with E-state index in [-0.39, 0.29) is 0 Å². The van der Waals surface area contributed by atoms with Gasteiger partial charge in [-0.3, -0.25) is 4.79 Å². The molecule has 2 heterocycles. The SMILES string of the molecule is O=Cc1cccc(Oc2ncnc3sc(-c4ccccc4)cc23)c1. The molecule has 0 radical (unpaired) electrons. The first-order valence-corrected chi connectivity index (χ1v) is 8.18. The summed E-state index contributed by atoms with van der Waals surface area (Å²) in [5.74, 6) is 1.06. The molecule has 4 aromatic rings. The number of hydrogen-bond acceptors (Lipinski definition) is 5. The van der Waals surface area contributed by atoms with Gasteiger partial charge in [0, 0.05) is 10.4 Å². The second-order valence-electron chi connectivity index (χ2n) is 5.17. The molecule has 0 saturated heterocycles. The van der Waals surface area contributed by atoms with Crippen LogP contribution < -0.4 is 4.74 Å². The summed E-state index contributed by atoms with van der Waals surface area (Å²) in [5.41, 5.74) is 1.70. The number of benzene rings is 2. The number of carbonyl (C=O) groups excluding carboxylic acids is 1. The molecule has 0 bridgehead atoms. The smallest absolute Gasteiger partial charge is 0.231 e. The maximum Gasteiger partial charge on any atom is 0.231 e. The van der Waals surface area contributed by atoms with E-state index < -0.39 is 0 Å². The summed E-state index contributed by atoms with van der Waals surface area (Å²) in [6.45, 7) is 0. The van der Waals surface area contributed by atoms with E-state index in [4.69, 9.17) is 4.74 Å². The molecule has 5 heteroatoms. The summed E-state index contributed by atoms with van der Waals surface area (Å²) >= 11 is 1.60. The van der Waals surface area contributed by atoms with Crippen molar-refractivity contribution >= 4 is 27.8 Å². The lowest BCUT2D eigenvalue weighted by Gasteiger charge is -2.05. The van der Waals surface area contributed by atoms with Gasteiger partial charge >= 0.3 is 0 Å². The van der Waals surface area contributed by atoms with E-state index in [2.05, 4.69) is 22.1 Å². The van der Waals surface area contributed by atoms with Crippen LogP contribution in [0.1, 0.15) is 10.4 Å². The molecule has 0 amide bonds. The molecule has 0 unspecified atom stereocenters. The molecule has 0 atom stereocenters. The van der Waals surface area contributed by atoms with Crippen LogP contribution in [0.2, 0.25) is 0 Å². The van der Waals surface area contributed by atoms with Gasteiger partial charge < -0.3 is 4.74 Å². The fraction of sp³-hybridized carbons (Fsp3) is 0. The van der Waals surface area contributed by atoms with Crippen LogP contribution in [-0.2, 0) is 0 Å². The van der Waals surface area contributed by atoms with Crippen molar-refractivity contribution in [3.8, 4) is 22.1 Å². The average Bonchev–Trinajstić information content (AvgIpc) is 3.08. The first-order valence-electron chi connectivity index (χ1n) is 7.36. The Morgan fingerprint density at radius 1 is 0.958 bits per heavy atom. The molecular weight excluding hydrogens is 320 g/mol. The summed E-state index contributed by atoms with van der Waals surface area (Å²) < 4.78 is 5.88. The van der Waals surface area contributed by atoms with E-state index in [9.17, 15) is 4.79 Å². The molecule has 2 aromatic carbocycles. The number of aldehydes is 1. The lowest BCUT2D eigenvalue weighted by molar-refractivity contribution is 0.112. The third-order valence-corrected chi connectivity index (χ3v) is 4.65. The van der Waals surface area contributed by atoms with E-state index >= 15 is 0 Å². The van der Waals surface area contributed by atoms with Crippen molar-refractivity contribution in [1.29, 1.82) is 0 Å². The Morgan fingerprint density at radius 2 is 1.83 bits per heavy atom. The monoisotopic (exact) mass is 332 g/mol. The summed E-state index contributed by atoms with van der Waals surface area (Å²) in [6, 6.07) is 19.2. The van der Waals surface area contributed by atoms with Crippen molar-refractivity contribution in [3.05, 3.63) is 72.6 Å². The Hall–Kier alpha value is -3.05. The Labute approximate surface area is 142 Å². The predicted octanol–water partition coefficient (Wildman–Crippen LogP) is 4.96. The molecule has 2 aromatic heterocycles.